The zero-order valence-corrected chi connectivity index (χ0v) is 8.80. The lowest BCUT2D eigenvalue weighted by Crippen LogP contribution is -2.36. The standard InChI is InChI=1S/C9H12N2O2S/c1-6-7(5-8(12)13)14-9(10-6)11-3-2-4-11/h2-5H2,1H3,(H,12,13). The molecule has 4 nitrogen and oxygen atoms in total. The van der Waals surface area contributed by atoms with Crippen LogP contribution in [-0.4, -0.2) is 29.1 Å². The van der Waals surface area contributed by atoms with Crippen LogP contribution in [0.1, 0.15) is 17.0 Å². The Balaban J connectivity index is 2.16. The molecule has 0 unspecified atom stereocenters. The highest BCUT2D eigenvalue weighted by atomic mass is 32.1. The Kier molecular flexibility index (Phi) is 2.41. The van der Waals surface area contributed by atoms with Gasteiger partial charge in [-0.3, -0.25) is 4.79 Å². The largest absolute Gasteiger partial charge is 0.481 e. The van der Waals surface area contributed by atoms with Crippen molar-refractivity contribution in [2.45, 2.75) is 19.8 Å². The first-order valence-corrected chi connectivity index (χ1v) is 5.41. The van der Waals surface area contributed by atoms with Crippen molar-refractivity contribution < 1.29 is 9.90 Å². The normalized spacial score (nSPS) is 15.4. The van der Waals surface area contributed by atoms with E-state index in [4.69, 9.17) is 5.11 Å². The predicted octanol–water partition coefficient (Wildman–Crippen LogP) is 1.29. The molecule has 0 radical (unpaired) electrons. The fourth-order valence-electron chi connectivity index (χ4n) is 1.36. The van der Waals surface area contributed by atoms with E-state index in [2.05, 4.69) is 9.88 Å². The first-order chi connectivity index (χ1) is 6.66. The van der Waals surface area contributed by atoms with Crippen LogP contribution in [0, 0.1) is 6.92 Å². The third kappa shape index (κ3) is 1.72. The summed E-state index contributed by atoms with van der Waals surface area (Å²) in [4.78, 5) is 18.0. The van der Waals surface area contributed by atoms with E-state index in [9.17, 15) is 4.79 Å². The van der Waals surface area contributed by atoms with E-state index in [0.717, 1.165) is 28.8 Å². The summed E-state index contributed by atoms with van der Waals surface area (Å²) in [6.45, 7) is 3.98. The molecule has 1 fully saturated rings. The molecule has 5 heteroatoms. The number of thiazole rings is 1. The molecule has 76 valence electrons. The van der Waals surface area contributed by atoms with Crippen LogP contribution in [-0.2, 0) is 11.2 Å². The van der Waals surface area contributed by atoms with Crippen molar-refractivity contribution in [3.63, 3.8) is 0 Å². The quantitative estimate of drug-likeness (QED) is 0.820. The first-order valence-electron chi connectivity index (χ1n) is 4.60. The smallest absolute Gasteiger partial charge is 0.308 e. The molecule has 0 bridgehead atoms. The maximum atomic E-state index is 10.5. The Morgan fingerprint density at radius 2 is 2.36 bits per heavy atom. The fraction of sp³-hybridized carbons (Fsp3) is 0.556. The van der Waals surface area contributed by atoms with Gasteiger partial charge in [0.1, 0.15) is 0 Å². The Hall–Kier alpha value is -1.10. The molecular weight excluding hydrogens is 200 g/mol. The molecule has 2 heterocycles. The number of anilines is 1. The summed E-state index contributed by atoms with van der Waals surface area (Å²) in [5, 5.41) is 9.65. The van der Waals surface area contributed by atoms with Crippen molar-refractivity contribution in [1.29, 1.82) is 0 Å². The molecule has 0 atom stereocenters. The van der Waals surface area contributed by atoms with E-state index in [1.165, 1.54) is 17.8 Å². The Labute approximate surface area is 86.2 Å². The molecule has 1 aromatic heterocycles. The molecule has 2 rings (SSSR count). The summed E-state index contributed by atoms with van der Waals surface area (Å²) < 4.78 is 0. The highest BCUT2D eigenvalue weighted by Crippen LogP contribution is 2.29. The third-order valence-corrected chi connectivity index (χ3v) is 3.54. The molecule has 14 heavy (non-hydrogen) atoms. The minimum atomic E-state index is -0.785. The summed E-state index contributed by atoms with van der Waals surface area (Å²) in [6, 6.07) is 0. The Morgan fingerprint density at radius 3 is 2.86 bits per heavy atom. The van der Waals surface area contributed by atoms with E-state index in [1.54, 1.807) is 0 Å². The lowest BCUT2D eigenvalue weighted by atomic mass is 10.2. The fourth-order valence-corrected chi connectivity index (χ4v) is 2.46. The van der Waals surface area contributed by atoms with Crippen LogP contribution in [0.15, 0.2) is 0 Å². The van der Waals surface area contributed by atoms with Gasteiger partial charge in [0.05, 0.1) is 12.1 Å². The van der Waals surface area contributed by atoms with Crippen LogP contribution < -0.4 is 4.90 Å². The van der Waals surface area contributed by atoms with E-state index in [1.807, 2.05) is 6.92 Å². The summed E-state index contributed by atoms with van der Waals surface area (Å²) in [5.41, 5.74) is 0.860. The lowest BCUT2D eigenvalue weighted by molar-refractivity contribution is -0.136. The molecule has 1 aromatic rings. The highest BCUT2D eigenvalue weighted by Gasteiger charge is 2.20. The molecule has 0 aliphatic carbocycles. The number of carboxylic acid groups (broad SMARTS) is 1. The van der Waals surface area contributed by atoms with Crippen LogP contribution in [0.25, 0.3) is 0 Å². The van der Waals surface area contributed by atoms with Crippen molar-refractivity contribution >= 4 is 22.4 Å². The molecule has 0 saturated carbocycles. The van der Waals surface area contributed by atoms with E-state index >= 15 is 0 Å². The molecular formula is C9H12N2O2S. The maximum Gasteiger partial charge on any atom is 0.308 e. The molecule has 0 aromatic carbocycles. The van der Waals surface area contributed by atoms with Gasteiger partial charge in [0.15, 0.2) is 5.13 Å². The topological polar surface area (TPSA) is 53.4 Å². The van der Waals surface area contributed by atoms with Crippen LogP contribution in [0.3, 0.4) is 0 Å². The Morgan fingerprint density at radius 1 is 1.64 bits per heavy atom. The lowest BCUT2D eigenvalue weighted by Gasteiger charge is -2.30. The average Bonchev–Trinajstić information content (AvgIpc) is 2.27. The van der Waals surface area contributed by atoms with Gasteiger partial charge in [-0.1, -0.05) is 0 Å². The second kappa shape index (κ2) is 3.57. The maximum absolute atomic E-state index is 10.5. The SMILES string of the molecule is Cc1nc(N2CCC2)sc1CC(=O)O. The summed E-state index contributed by atoms with van der Waals surface area (Å²) >= 11 is 1.51. The number of aromatic nitrogens is 1. The molecule has 1 N–H and O–H groups in total. The number of carboxylic acids is 1. The minimum absolute atomic E-state index is 0.0946. The van der Waals surface area contributed by atoms with Gasteiger partial charge in [0.2, 0.25) is 0 Å². The summed E-state index contributed by atoms with van der Waals surface area (Å²) in [7, 11) is 0. The number of nitrogens with zero attached hydrogens (tertiary/aromatic N) is 2. The summed E-state index contributed by atoms with van der Waals surface area (Å²) in [5.74, 6) is -0.785. The third-order valence-electron chi connectivity index (χ3n) is 2.32. The molecule has 1 aliphatic heterocycles. The average molecular weight is 212 g/mol. The van der Waals surface area contributed by atoms with Crippen LogP contribution in [0.2, 0.25) is 0 Å². The second-order valence-corrected chi connectivity index (χ2v) is 4.48. The second-order valence-electron chi connectivity index (χ2n) is 3.42. The van der Waals surface area contributed by atoms with Gasteiger partial charge < -0.3 is 10.0 Å². The molecule has 1 saturated heterocycles. The van der Waals surface area contributed by atoms with Crippen molar-refractivity contribution in [2.75, 3.05) is 18.0 Å². The van der Waals surface area contributed by atoms with Gasteiger partial charge in [-0.2, -0.15) is 0 Å². The predicted molar refractivity (Wildman–Crippen MR) is 55.0 cm³/mol. The zero-order chi connectivity index (χ0) is 10.1. The van der Waals surface area contributed by atoms with Gasteiger partial charge in [-0.05, 0) is 13.3 Å². The van der Waals surface area contributed by atoms with Gasteiger partial charge in [0.25, 0.3) is 0 Å². The van der Waals surface area contributed by atoms with Gasteiger partial charge in [-0.25, -0.2) is 4.98 Å². The van der Waals surface area contributed by atoms with Gasteiger partial charge in [-0.15, -0.1) is 11.3 Å². The van der Waals surface area contributed by atoms with Gasteiger partial charge >= 0.3 is 5.97 Å². The monoisotopic (exact) mass is 212 g/mol. The van der Waals surface area contributed by atoms with E-state index in [0.29, 0.717) is 0 Å². The van der Waals surface area contributed by atoms with Gasteiger partial charge in [0, 0.05) is 18.0 Å². The zero-order valence-electron chi connectivity index (χ0n) is 7.99. The minimum Gasteiger partial charge on any atom is -0.481 e. The Bertz CT molecular complexity index is 358. The number of aryl methyl sites for hydroxylation is 1. The van der Waals surface area contributed by atoms with Crippen molar-refractivity contribution in [1.82, 2.24) is 4.98 Å². The van der Waals surface area contributed by atoms with E-state index < -0.39 is 5.97 Å². The van der Waals surface area contributed by atoms with Crippen LogP contribution in [0.5, 0.6) is 0 Å². The van der Waals surface area contributed by atoms with Crippen LogP contribution in [0.4, 0.5) is 5.13 Å². The van der Waals surface area contributed by atoms with Crippen LogP contribution >= 0.6 is 11.3 Å². The molecule has 1 aliphatic rings. The van der Waals surface area contributed by atoms with Crippen molar-refractivity contribution in [3.05, 3.63) is 10.6 Å². The van der Waals surface area contributed by atoms with Crippen molar-refractivity contribution in [3.8, 4) is 0 Å². The first kappa shape index (κ1) is 9.45. The highest BCUT2D eigenvalue weighted by molar-refractivity contribution is 7.15. The number of aliphatic carboxylic acids is 1. The number of hydrogen-bond donors (Lipinski definition) is 1. The van der Waals surface area contributed by atoms with Crippen molar-refractivity contribution in [2.24, 2.45) is 0 Å². The molecule has 0 amide bonds. The number of rotatable bonds is 3. The summed E-state index contributed by atoms with van der Waals surface area (Å²) in [6.07, 6.45) is 1.31. The number of hydrogen-bond acceptors (Lipinski definition) is 4. The molecule has 0 spiro atoms. The number of carbonyl (C=O) groups is 1. The van der Waals surface area contributed by atoms with E-state index in [-0.39, 0.29) is 6.42 Å².